The third-order valence-electron chi connectivity index (χ3n) is 4.88. The van der Waals surface area contributed by atoms with E-state index in [0.29, 0.717) is 51.3 Å². The largest absolute Gasteiger partial charge is 0.383 e. The number of likely N-dealkylation sites (tertiary alicyclic amines) is 1. The second-order valence-corrected chi connectivity index (χ2v) is 8.43. The Morgan fingerprint density at radius 3 is 2.83 bits per heavy atom. The minimum absolute atomic E-state index is 0.0772. The number of pyridine rings is 1. The Bertz CT molecular complexity index is 680. The SMILES string of the molecule is COCCN1C[C@H]2CCN(C(=O)c3ccccn3)CC[C@H]2S1(=O)=O. The Balaban J connectivity index is 1.69. The van der Waals surface area contributed by atoms with Crippen LogP contribution in [0.25, 0.3) is 0 Å². The van der Waals surface area contributed by atoms with Crippen LogP contribution >= 0.6 is 0 Å². The standard InChI is InChI=1S/C16H23N3O4S/c1-23-11-10-19-12-13-5-8-18(9-6-15(13)24(19,21)22)16(20)14-4-2-3-7-17-14/h2-4,7,13,15H,5-6,8-12H2,1H3/t13-,15-/m1/s1. The lowest BCUT2D eigenvalue weighted by molar-refractivity contribution is 0.0753. The number of hydrogen-bond acceptors (Lipinski definition) is 5. The molecule has 0 saturated carbocycles. The van der Waals surface area contributed by atoms with Gasteiger partial charge in [0.15, 0.2) is 0 Å². The summed E-state index contributed by atoms with van der Waals surface area (Å²) in [7, 11) is -1.73. The normalized spacial score (nSPS) is 26.8. The minimum Gasteiger partial charge on any atom is -0.383 e. The molecule has 0 spiro atoms. The number of fused-ring (bicyclic) bond motifs is 1. The van der Waals surface area contributed by atoms with Crippen molar-refractivity contribution in [3.63, 3.8) is 0 Å². The number of sulfonamides is 1. The van der Waals surface area contributed by atoms with Gasteiger partial charge in [-0.2, -0.15) is 4.31 Å². The van der Waals surface area contributed by atoms with Crippen molar-refractivity contribution in [1.29, 1.82) is 0 Å². The number of aromatic nitrogens is 1. The Morgan fingerprint density at radius 1 is 1.33 bits per heavy atom. The molecule has 1 amide bonds. The lowest BCUT2D eigenvalue weighted by Crippen LogP contribution is -2.36. The van der Waals surface area contributed by atoms with E-state index < -0.39 is 15.3 Å². The van der Waals surface area contributed by atoms with E-state index in [1.165, 1.54) is 0 Å². The highest BCUT2D eigenvalue weighted by molar-refractivity contribution is 7.90. The minimum atomic E-state index is -3.30. The van der Waals surface area contributed by atoms with Crippen molar-refractivity contribution < 1.29 is 17.9 Å². The van der Waals surface area contributed by atoms with Gasteiger partial charge in [0.1, 0.15) is 5.69 Å². The first-order chi connectivity index (χ1) is 11.5. The van der Waals surface area contributed by atoms with Gasteiger partial charge in [-0.1, -0.05) is 6.07 Å². The van der Waals surface area contributed by atoms with Crippen molar-refractivity contribution in [2.75, 3.05) is 39.9 Å². The highest BCUT2D eigenvalue weighted by Gasteiger charge is 2.46. The van der Waals surface area contributed by atoms with Crippen LogP contribution in [-0.2, 0) is 14.8 Å². The molecule has 0 aliphatic carbocycles. The molecule has 24 heavy (non-hydrogen) atoms. The number of hydrogen-bond donors (Lipinski definition) is 0. The fourth-order valence-electron chi connectivity index (χ4n) is 3.56. The number of rotatable bonds is 4. The molecule has 2 saturated heterocycles. The molecule has 0 N–H and O–H groups in total. The molecular weight excluding hydrogens is 330 g/mol. The maximum Gasteiger partial charge on any atom is 0.272 e. The van der Waals surface area contributed by atoms with Gasteiger partial charge in [0.05, 0.1) is 11.9 Å². The van der Waals surface area contributed by atoms with Crippen molar-refractivity contribution in [3.8, 4) is 0 Å². The molecule has 0 aromatic carbocycles. The Labute approximate surface area is 142 Å². The second kappa shape index (κ2) is 7.16. The van der Waals surface area contributed by atoms with Gasteiger partial charge < -0.3 is 9.64 Å². The average molecular weight is 353 g/mol. The van der Waals surface area contributed by atoms with E-state index in [0.717, 1.165) is 0 Å². The van der Waals surface area contributed by atoms with Crippen LogP contribution < -0.4 is 0 Å². The summed E-state index contributed by atoms with van der Waals surface area (Å²) in [6.07, 6.45) is 2.78. The highest BCUT2D eigenvalue weighted by atomic mass is 32.2. The molecule has 8 heteroatoms. The van der Waals surface area contributed by atoms with E-state index in [4.69, 9.17) is 4.74 Å². The molecule has 3 rings (SSSR count). The van der Waals surface area contributed by atoms with Crippen LogP contribution in [0.5, 0.6) is 0 Å². The molecule has 0 unspecified atom stereocenters. The van der Waals surface area contributed by atoms with Gasteiger partial charge in [-0.3, -0.25) is 9.78 Å². The second-order valence-electron chi connectivity index (χ2n) is 6.28. The van der Waals surface area contributed by atoms with Crippen LogP contribution in [0.3, 0.4) is 0 Å². The van der Waals surface area contributed by atoms with Crippen molar-refractivity contribution >= 4 is 15.9 Å². The van der Waals surface area contributed by atoms with Crippen molar-refractivity contribution in [3.05, 3.63) is 30.1 Å². The summed E-state index contributed by atoms with van der Waals surface area (Å²) in [4.78, 5) is 18.4. The first kappa shape index (κ1) is 17.3. The Morgan fingerprint density at radius 2 is 2.12 bits per heavy atom. The third-order valence-corrected chi connectivity index (χ3v) is 7.31. The van der Waals surface area contributed by atoms with E-state index in [-0.39, 0.29) is 11.8 Å². The average Bonchev–Trinajstić information content (AvgIpc) is 2.74. The number of nitrogens with zero attached hydrogens (tertiary/aromatic N) is 3. The maximum atomic E-state index is 12.7. The summed E-state index contributed by atoms with van der Waals surface area (Å²) in [5.74, 6) is -0.0439. The lowest BCUT2D eigenvalue weighted by atomic mass is 10.0. The molecule has 3 heterocycles. The quantitative estimate of drug-likeness (QED) is 0.792. The number of amides is 1. The molecule has 132 valence electrons. The van der Waals surface area contributed by atoms with Crippen LogP contribution in [0.1, 0.15) is 23.3 Å². The van der Waals surface area contributed by atoms with E-state index in [1.807, 2.05) is 0 Å². The molecule has 2 aliphatic heterocycles. The monoisotopic (exact) mass is 353 g/mol. The zero-order chi connectivity index (χ0) is 17.2. The van der Waals surface area contributed by atoms with Gasteiger partial charge in [0, 0.05) is 39.5 Å². The summed E-state index contributed by atoms with van der Waals surface area (Å²) in [6, 6.07) is 5.24. The third kappa shape index (κ3) is 3.31. The van der Waals surface area contributed by atoms with Crippen LogP contribution in [-0.4, -0.2) is 73.7 Å². The smallest absolute Gasteiger partial charge is 0.272 e. The summed E-state index contributed by atoms with van der Waals surface area (Å²) in [5, 5.41) is -0.393. The Kier molecular flexibility index (Phi) is 5.17. The zero-order valence-electron chi connectivity index (χ0n) is 13.8. The molecule has 2 fully saturated rings. The van der Waals surface area contributed by atoms with E-state index >= 15 is 0 Å². The van der Waals surface area contributed by atoms with Crippen molar-refractivity contribution in [2.45, 2.75) is 18.1 Å². The topological polar surface area (TPSA) is 79.8 Å². The van der Waals surface area contributed by atoms with Crippen LogP contribution in [0, 0.1) is 5.92 Å². The van der Waals surface area contributed by atoms with Gasteiger partial charge in [-0.15, -0.1) is 0 Å². The maximum absolute atomic E-state index is 12.7. The first-order valence-electron chi connectivity index (χ1n) is 8.22. The molecular formula is C16H23N3O4S. The highest BCUT2D eigenvalue weighted by Crippen LogP contribution is 2.34. The lowest BCUT2D eigenvalue weighted by Gasteiger charge is -2.21. The predicted molar refractivity (Wildman–Crippen MR) is 89.0 cm³/mol. The number of methoxy groups -OCH3 is 1. The van der Waals surface area contributed by atoms with Crippen LogP contribution in [0.4, 0.5) is 0 Å². The van der Waals surface area contributed by atoms with E-state index in [2.05, 4.69) is 4.98 Å². The molecule has 2 atom stereocenters. The van der Waals surface area contributed by atoms with Crippen molar-refractivity contribution in [1.82, 2.24) is 14.2 Å². The Hall–Kier alpha value is -1.51. The van der Waals surface area contributed by atoms with Gasteiger partial charge in [0.2, 0.25) is 10.0 Å². The molecule has 1 aromatic rings. The molecule has 7 nitrogen and oxygen atoms in total. The molecule has 0 radical (unpaired) electrons. The first-order valence-corrected chi connectivity index (χ1v) is 9.72. The van der Waals surface area contributed by atoms with Crippen LogP contribution in [0.15, 0.2) is 24.4 Å². The van der Waals surface area contributed by atoms with Crippen molar-refractivity contribution in [2.24, 2.45) is 5.92 Å². The summed E-state index contributed by atoms with van der Waals surface area (Å²) in [5.41, 5.74) is 0.411. The molecule has 0 bridgehead atoms. The fourth-order valence-corrected chi connectivity index (χ4v) is 5.79. The van der Waals surface area contributed by atoms with Crippen LogP contribution in [0.2, 0.25) is 0 Å². The van der Waals surface area contributed by atoms with Gasteiger partial charge in [-0.05, 0) is 30.9 Å². The summed E-state index contributed by atoms with van der Waals surface area (Å²) < 4.78 is 31.9. The van der Waals surface area contributed by atoms with Gasteiger partial charge in [0.25, 0.3) is 5.91 Å². The number of carbonyl (C=O) groups excluding carboxylic acids is 1. The predicted octanol–water partition coefficient (Wildman–Crippen LogP) is 0.594. The summed E-state index contributed by atoms with van der Waals surface area (Å²) >= 11 is 0. The molecule has 1 aromatic heterocycles. The number of ether oxygens (including phenoxy) is 1. The zero-order valence-corrected chi connectivity index (χ0v) is 14.6. The van der Waals surface area contributed by atoms with E-state index in [9.17, 15) is 13.2 Å². The van der Waals surface area contributed by atoms with Gasteiger partial charge >= 0.3 is 0 Å². The molecule has 2 aliphatic rings. The van der Waals surface area contributed by atoms with E-state index in [1.54, 1.807) is 40.7 Å². The van der Waals surface area contributed by atoms with Gasteiger partial charge in [-0.25, -0.2) is 8.42 Å². The fraction of sp³-hybridized carbons (Fsp3) is 0.625. The summed E-state index contributed by atoms with van der Waals surface area (Å²) in [6.45, 7) is 2.37. The number of carbonyl (C=O) groups is 1.